The number of benzene rings is 1. The van der Waals surface area contributed by atoms with Crippen LogP contribution in [0.3, 0.4) is 0 Å². The molecular formula is C15H16BrN3O2. The first-order valence-electron chi connectivity index (χ1n) is 6.50. The maximum absolute atomic E-state index is 11.5. The smallest absolute Gasteiger partial charge is 0.319 e. The zero-order chi connectivity index (χ0) is 15.2. The third kappa shape index (κ3) is 5.07. The van der Waals surface area contributed by atoms with E-state index in [0.29, 0.717) is 17.3 Å². The van der Waals surface area contributed by atoms with E-state index in [9.17, 15) is 4.79 Å². The van der Waals surface area contributed by atoms with Gasteiger partial charge in [0, 0.05) is 16.6 Å². The number of amides is 2. The number of carbonyl (C=O) groups excluding carboxylic acids is 1. The molecule has 6 heteroatoms. The monoisotopic (exact) mass is 349 g/mol. The summed E-state index contributed by atoms with van der Waals surface area (Å²) < 4.78 is 6.55. The van der Waals surface area contributed by atoms with Crippen LogP contribution in [0.2, 0.25) is 0 Å². The van der Waals surface area contributed by atoms with Crippen LogP contribution < -0.4 is 15.4 Å². The topological polar surface area (TPSA) is 63.2 Å². The summed E-state index contributed by atoms with van der Waals surface area (Å²) >= 11 is 3.38. The van der Waals surface area contributed by atoms with Crippen LogP contribution in [-0.2, 0) is 0 Å². The van der Waals surface area contributed by atoms with Crippen molar-refractivity contribution in [2.24, 2.45) is 0 Å². The number of carbonyl (C=O) groups is 1. The van der Waals surface area contributed by atoms with Gasteiger partial charge >= 0.3 is 6.03 Å². The van der Waals surface area contributed by atoms with Gasteiger partial charge in [-0.2, -0.15) is 0 Å². The largest absolute Gasteiger partial charge is 0.439 e. The van der Waals surface area contributed by atoms with Crippen LogP contribution in [-0.4, -0.2) is 17.1 Å². The molecule has 0 fully saturated rings. The minimum atomic E-state index is -0.257. The minimum Gasteiger partial charge on any atom is -0.439 e. The Morgan fingerprint density at radius 3 is 2.71 bits per heavy atom. The molecule has 21 heavy (non-hydrogen) atoms. The Hall–Kier alpha value is -2.08. The minimum absolute atomic E-state index is 0.0806. The number of ether oxygens (including phenoxy) is 1. The third-order valence-corrected chi connectivity index (χ3v) is 2.93. The van der Waals surface area contributed by atoms with E-state index in [1.165, 1.54) is 0 Å². The van der Waals surface area contributed by atoms with E-state index in [2.05, 4.69) is 31.5 Å². The third-order valence-electron chi connectivity index (χ3n) is 2.43. The molecule has 0 atom stereocenters. The average Bonchev–Trinajstić information content (AvgIpc) is 2.40. The summed E-state index contributed by atoms with van der Waals surface area (Å²) in [6, 6.07) is 10.8. The van der Waals surface area contributed by atoms with E-state index < -0.39 is 0 Å². The van der Waals surface area contributed by atoms with Crippen molar-refractivity contribution >= 4 is 27.6 Å². The highest BCUT2D eigenvalue weighted by atomic mass is 79.9. The number of nitrogens with one attached hydrogen (secondary N) is 2. The molecule has 2 amide bonds. The highest BCUT2D eigenvalue weighted by Crippen LogP contribution is 2.23. The van der Waals surface area contributed by atoms with Gasteiger partial charge in [0.2, 0.25) is 5.88 Å². The number of pyridine rings is 1. The molecule has 0 bridgehead atoms. The van der Waals surface area contributed by atoms with Crippen molar-refractivity contribution in [1.82, 2.24) is 10.3 Å². The molecule has 0 aliphatic rings. The summed E-state index contributed by atoms with van der Waals surface area (Å²) in [4.78, 5) is 15.7. The highest BCUT2D eigenvalue weighted by molar-refractivity contribution is 9.10. The fourth-order valence-electron chi connectivity index (χ4n) is 1.60. The van der Waals surface area contributed by atoms with Crippen LogP contribution in [0, 0.1) is 0 Å². The van der Waals surface area contributed by atoms with Crippen molar-refractivity contribution in [1.29, 1.82) is 0 Å². The van der Waals surface area contributed by atoms with Crippen molar-refractivity contribution in [3.63, 3.8) is 0 Å². The zero-order valence-electron chi connectivity index (χ0n) is 11.8. The molecule has 1 aromatic heterocycles. The Bertz CT molecular complexity index is 615. The first-order chi connectivity index (χ1) is 10.0. The Labute approximate surface area is 131 Å². The zero-order valence-corrected chi connectivity index (χ0v) is 13.3. The van der Waals surface area contributed by atoms with Gasteiger partial charge < -0.3 is 15.4 Å². The molecule has 110 valence electrons. The molecule has 2 aromatic rings. The molecule has 2 N–H and O–H groups in total. The lowest BCUT2D eigenvalue weighted by Crippen LogP contribution is -2.34. The average molecular weight is 350 g/mol. The summed E-state index contributed by atoms with van der Waals surface area (Å²) in [6.07, 6.45) is 1.55. The maximum Gasteiger partial charge on any atom is 0.319 e. The summed E-state index contributed by atoms with van der Waals surface area (Å²) in [5.74, 6) is 1.15. The van der Waals surface area contributed by atoms with Crippen LogP contribution >= 0.6 is 15.9 Å². The van der Waals surface area contributed by atoms with Gasteiger partial charge in [-0.05, 0) is 38.1 Å². The van der Waals surface area contributed by atoms with Crippen LogP contribution in [0.4, 0.5) is 10.5 Å². The summed E-state index contributed by atoms with van der Waals surface area (Å²) in [7, 11) is 0. The van der Waals surface area contributed by atoms with Gasteiger partial charge in [0.05, 0.1) is 11.9 Å². The molecule has 2 rings (SSSR count). The first-order valence-corrected chi connectivity index (χ1v) is 7.29. The molecule has 0 saturated heterocycles. The fourth-order valence-corrected chi connectivity index (χ4v) is 1.97. The van der Waals surface area contributed by atoms with Crippen LogP contribution in [0.25, 0.3) is 0 Å². The number of rotatable bonds is 4. The number of halogens is 1. The number of urea groups is 1. The van der Waals surface area contributed by atoms with Crippen LogP contribution in [0.5, 0.6) is 11.6 Å². The number of hydrogen-bond donors (Lipinski definition) is 2. The molecule has 1 heterocycles. The van der Waals surface area contributed by atoms with Crippen molar-refractivity contribution in [3.05, 3.63) is 47.1 Å². The van der Waals surface area contributed by atoms with Gasteiger partial charge in [-0.25, -0.2) is 9.78 Å². The predicted molar refractivity (Wildman–Crippen MR) is 85.7 cm³/mol. The van der Waals surface area contributed by atoms with E-state index in [1.807, 2.05) is 38.1 Å². The van der Waals surface area contributed by atoms with Gasteiger partial charge in [0.15, 0.2) is 0 Å². The Balaban J connectivity index is 1.97. The second kappa shape index (κ2) is 7.08. The van der Waals surface area contributed by atoms with E-state index in [0.717, 1.165) is 4.47 Å². The SMILES string of the molecule is CC(C)NC(=O)Nc1ccc(Oc2cccc(Br)c2)nc1. The van der Waals surface area contributed by atoms with Gasteiger partial charge in [0.25, 0.3) is 0 Å². The molecular weight excluding hydrogens is 334 g/mol. The molecule has 0 aliphatic carbocycles. The van der Waals surface area contributed by atoms with E-state index >= 15 is 0 Å². The second-order valence-corrected chi connectivity index (χ2v) is 5.61. The molecule has 0 radical (unpaired) electrons. The lowest BCUT2D eigenvalue weighted by molar-refractivity contribution is 0.250. The Morgan fingerprint density at radius 2 is 2.10 bits per heavy atom. The Kier molecular flexibility index (Phi) is 5.16. The molecule has 0 spiro atoms. The normalized spacial score (nSPS) is 10.3. The maximum atomic E-state index is 11.5. The summed E-state index contributed by atoms with van der Waals surface area (Å²) in [5, 5.41) is 5.44. The molecule has 0 saturated carbocycles. The van der Waals surface area contributed by atoms with Crippen molar-refractivity contribution in [2.45, 2.75) is 19.9 Å². The van der Waals surface area contributed by atoms with Gasteiger partial charge in [-0.3, -0.25) is 0 Å². The van der Waals surface area contributed by atoms with Gasteiger partial charge in [0.1, 0.15) is 5.75 Å². The predicted octanol–water partition coefficient (Wildman–Crippen LogP) is 4.17. The lowest BCUT2D eigenvalue weighted by Gasteiger charge is -2.10. The molecule has 0 aliphatic heterocycles. The van der Waals surface area contributed by atoms with Crippen LogP contribution in [0.1, 0.15) is 13.8 Å². The van der Waals surface area contributed by atoms with Crippen molar-refractivity contribution in [3.8, 4) is 11.6 Å². The fraction of sp³-hybridized carbons (Fsp3) is 0.200. The van der Waals surface area contributed by atoms with Crippen LogP contribution in [0.15, 0.2) is 47.1 Å². The first kappa shape index (κ1) is 15.3. The van der Waals surface area contributed by atoms with E-state index in [1.54, 1.807) is 18.3 Å². The van der Waals surface area contributed by atoms with Gasteiger partial charge in [-0.15, -0.1) is 0 Å². The number of nitrogens with zero attached hydrogens (tertiary/aromatic N) is 1. The number of hydrogen-bond acceptors (Lipinski definition) is 3. The van der Waals surface area contributed by atoms with Crippen molar-refractivity contribution < 1.29 is 9.53 Å². The molecule has 0 unspecified atom stereocenters. The number of anilines is 1. The van der Waals surface area contributed by atoms with E-state index in [-0.39, 0.29) is 12.1 Å². The molecule has 1 aromatic carbocycles. The standard InChI is InChI=1S/C15H16BrN3O2/c1-10(2)18-15(20)19-12-6-7-14(17-9-12)21-13-5-3-4-11(16)8-13/h3-10H,1-2H3,(H2,18,19,20). The highest BCUT2D eigenvalue weighted by Gasteiger charge is 2.04. The molecule has 5 nitrogen and oxygen atoms in total. The summed E-state index contributed by atoms with van der Waals surface area (Å²) in [6.45, 7) is 3.79. The lowest BCUT2D eigenvalue weighted by atomic mass is 10.3. The second-order valence-electron chi connectivity index (χ2n) is 4.70. The number of aromatic nitrogens is 1. The quantitative estimate of drug-likeness (QED) is 0.870. The summed E-state index contributed by atoms with van der Waals surface area (Å²) in [5.41, 5.74) is 0.606. The van der Waals surface area contributed by atoms with E-state index in [4.69, 9.17) is 4.74 Å². The van der Waals surface area contributed by atoms with Crippen molar-refractivity contribution in [2.75, 3.05) is 5.32 Å². The Morgan fingerprint density at radius 1 is 1.29 bits per heavy atom. The van der Waals surface area contributed by atoms with Gasteiger partial charge in [-0.1, -0.05) is 22.0 Å².